The Kier molecular flexibility index (Phi) is 8.45. The average Bonchev–Trinajstić information content (AvgIpc) is 3.11. The van der Waals surface area contributed by atoms with Crippen LogP contribution in [-0.2, 0) is 24.0 Å². The molecule has 3 aliphatic rings. The highest BCUT2D eigenvalue weighted by Gasteiger charge is 2.44. The second kappa shape index (κ2) is 11.8. The van der Waals surface area contributed by atoms with E-state index in [2.05, 4.69) is 0 Å². The van der Waals surface area contributed by atoms with Gasteiger partial charge in [-0.05, 0) is 64.9 Å². The SMILES string of the molecule is C/C=C\C1=C2C(=O)N(OC(C)c3cc(c(OCCCC(=O)OCC)cc3[N+](=O)[O-])OC3CCCC2C3)C1=O. The van der Waals surface area contributed by atoms with Crippen molar-refractivity contribution in [1.29, 1.82) is 0 Å². The second-order valence-electron chi connectivity index (χ2n) is 9.45. The lowest BCUT2D eigenvalue weighted by Gasteiger charge is -2.31. The number of nitrogens with zero attached hydrogens (tertiary/aromatic N) is 2. The Morgan fingerprint density at radius 3 is 2.76 bits per heavy atom. The first kappa shape index (κ1) is 27.3. The van der Waals surface area contributed by atoms with Crippen molar-refractivity contribution in [2.24, 2.45) is 5.92 Å². The van der Waals surface area contributed by atoms with Crippen LogP contribution in [0.1, 0.15) is 71.0 Å². The van der Waals surface area contributed by atoms with Crippen LogP contribution in [-0.4, -0.2) is 47.1 Å². The molecule has 0 saturated heterocycles. The van der Waals surface area contributed by atoms with E-state index >= 15 is 0 Å². The zero-order valence-corrected chi connectivity index (χ0v) is 21.8. The van der Waals surface area contributed by atoms with Crippen LogP contribution in [0, 0.1) is 16.0 Å². The van der Waals surface area contributed by atoms with E-state index < -0.39 is 22.8 Å². The van der Waals surface area contributed by atoms with Crippen LogP contribution in [0.25, 0.3) is 0 Å². The van der Waals surface area contributed by atoms with E-state index in [4.69, 9.17) is 19.0 Å². The molecule has 0 spiro atoms. The van der Waals surface area contributed by atoms with Crippen LogP contribution < -0.4 is 9.47 Å². The van der Waals surface area contributed by atoms with Crippen molar-refractivity contribution in [3.63, 3.8) is 0 Å². The molecular weight excluding hydrogens is 496 g/mol. The predicted molar refractivity (Wildman–Crippen MR) is 134 cm³/mol. The number of esters is 1. The van der Waals surface area contributed by atoms with Gasteiger partial charge in [-0.2, -0.15) is 0 Å². The molecule has 3 unspecified atom stereocenters. The highest BCUT2D eigenvalue weighted by Crippen LogP contribution is 2.44. The van der Waals surface area contributed by atoms with E-state index in [1.165, 1.54) is 19.1 Å². The number of fused-ring (bicyclic) bond motifs is 7. The maximum absolute atomic E-state index is 13.4. The third-order valence-electron chi connectivity index (χ3n) is 6.86. The van der Waals surface area contributed by atoms with E-state index in [0.29, 0.717) is 24.2 Å². The molecule has 3 atom stereocenters. The van der Waals surface area contributed by atoms with Gasteiger partial charge >= 0.3 is 5.97 Å². The largest absolute Gasteiger partial charge is 0.489 e. The molecule has 2 amide bonds. The van der Waals surface area contributed by atoms with Crippen LogP contribution >= 0.6 is 0 Å². The number of allylic oxidation sites excluding steroid dienone is 1. The van der Waals surface area contributed by atoms with Crippen LogP contribution in [0.15, 0.2) is 35.4 Å². The number of rotatable bonds is 8. The first-order valence-electron chi connectivity index (χ1n) is 12.9. The first-order chi connectivity index (χ1) is 18.2. The standard InChI is InChI=1S/C27H32N2O9/c1-4-8-19-25-17-9-6-10-18(13-17)37-23-14-20(16(3)38-28(26(19)31)27(25)32)21(29(33)34)15-22(23)36-12-7-11-24(30)35-5-2/h4,8,14-18H,5-7,9-13H2,1-3H3/b8-4-. The van der Waals surface area contributed by atoms with Gasteiger partial charge in [-0.1, -0.05) is 12.2 Å². The van der Waals surface area contributed by atoms with Crippen LogP contribution in [0.3, 0.4) is 0 Å². The average molecular weight is 529 g/mol. The molecule has 1 aromatic rings. The van der Waals surface area contributed by atoms with Gasteiger partial charge < -0.3 is 14.2 Å². The summed E-state index contributed by atoms with van der Waals surface area (Å²) in [4.78, 5) is 55.4. The van der Waals surface area contributed by atoms with Gasteiger partial charge in [0.25, 0.3) is 17.5 Å². The van der Waals surface area contributed by atoms with Crippen LogP contribution in [0.4, 0.5) is 5.69 Å². The predicted octanol–water partition coefficient (Wildman–Crippen LogP) is 4.50. The number of carbonyl (C=O) groups is 3. The number of hydroxylamine groups is 2. The molecule has 0 aromatic heterocycles. The van der Waals surface area contributed by atoms with Gasteiger partial charge in [-0.25, -0.2) is 0 Å². The summed E-state index contributed by atoms with van der Waals surface area (Å²) in [6, 6.07) is 2.75. The highest BCUT2D eigenvalue weighted by molar-refractivity contribution is 6.20. The first-order valence-corrected chi connectivity index (χ1v) is 12.9. The lowest BCUT2D eigenvalue weighted by molar-refractivity contribution is -0.386. The Morgan fingerprint density at radius 2 is 2.05 bits per heavy atom. The third-order valence-corrected chi connectivity index (χ3v) is 6.86. The minimum absolute atomic E-state index is 0.126. The van der Waals surface area contributed by atoms with Crippen molar-refractivity contribution in [3.05, 3.63) is 51.1 Å². The third kappa shape index (κ3) is 5.57. The van der Waals surface area contributed by atoms with Crippen LogP contribution in [0.5, 0.6) is 11.5 Å². The number of hydrogen-bond acceptors (Lipinski definition) is 9. The van der Waals surface area contributed by atoms with Crippen molar-refractivity contribution < 1.29 is 38.4 Å². The normalized spacial score (nSPS) is 23.1. The number of hydrogen-bond donors (Lipinski definition) is 0. The fourth-order valence-electron chi connectivity index (χ4n) is 5.15. The van der Waals surface area contributed by atoms with E-state index in [1.807, 2.05) is 0 Å². The van der Waals surface area contributed by atoms with E-state index in [0.717, 1.165) is 24.3 Å². The van der Waals surface area contributed by atoms with Crippen molar-refractivity contribution in [2.75, 3.05) is 13.2 Å². The highest BCUT2D eigenvalue weighted by atomic mass is 16.7. The van der Waals surface area contributed by atoms with Crippen LogP contribution in [0.2, 0.25) is 0 Å². The molecule has 2 aliphatic heterocycles. The molecule has 2 heterocycles. The van der Waals surface area contributed by atoms with Crippen molar-refractivity contribution >= 4 is 23.5 Å². The molecular formula is C27H32N2O9. The topological polar surface area (TPSA) is 135 Å². The lowest BCUT2D eigenvalue weighted by atomic mass is 9.80. The summed E-state index contributed by atoms with van der Waals surface area (Å²) in [6.07, 6.45) is 5.22. The maximum Gasteiger partial charge on any atom is 0.305 e. The van der Waals surface area contributed by atoms with Crippen molar-refractivity contribution in [1.82, 2.24) is 5.06 Å². The molecule has 204 valence electrons. The number of benzene rings is 1. The van der Waals surface area contributed by atoms with E-state index in [-0.39, 0.29) is 60.2 Å². The number of carbonyl (C=O) groups excluding carboxylic acids is 3. The van der Waals surface area contributed by atoms with Crippen molar-refractivity contribution in [2.45, 2.75) is 71.5 Å². The molecule has 1 fully saturated rings. The molecule has 1 aromatic carbocycles. The fraction of sp³-hybridized carbons (Fsp3) is 0.519. The number of nitro benzene ring substituents is 1. The van der Waals surface area contributed by atoms with E-state index in [9.17, 15) is 24.5 Å². The molecule has 4 rings (SSSR count). The minimum Gasteiger partial charge on any atom is -0.489 e. The molecule has 11 heteroatoms. The summed E-state index contributed by atoms with van der Waals surface area (Å²) in [6.45, 7) is 5.44. The number of imide groups is 1. The van der Waals surface area contributed by atoms with Gasteiger partial charge in [0.2, 0.25) is 0 Å². The summed E-state index contributed by atoms with van der Waals surface area (Å²) in [5.41, 5.74) is 0.507. The Morgan fingerprint density at radius 1 is 1.26 bits per heavy atom. The summed E-state index contributed by atoms with van der Waals surface area (Å²) in [5, 5.41) is 12.7. The van der Waals surface area contributed by atoms with Gasteiger partial charge in [0.15, 0.2) is 11.5 Å². The lowest BCUT2D eigenvalue weighted by Crippen LogP contribution is -2.35. The summed E-state index contributed by atoms with van der Waals surface area (Å²) in [5.74, 6) is -1.17. The summed E-state index contributed by atoms with van der Waals surface area (Å²) < 4.78 is 17.1. The number of nitro groups is 1. The summed E-state index contributed by atoms with van der Waals surface area (Å²) >= 11 is 0. The molecule has 11 nitrogen and oxygen atoms in total. The minimum atomic E-state index is -1.02. The molecule has 0 radical (unpaired) electrons. The van der Waals surface area contributed by atoms with Gasteiger partial charge in [-0.15, -0.1) is 5.06 Å². The zero-order valence-electron chi connectivity index (χ0n) is 21.8. The Balaban J connectivity index is 1.71. The Labute approximate surface area is 220 Å². The van der Waals surface area contributed by atoms with Gasteiger partial charge in [0.1, 0.15) is 6.10 Å². The fourth-order valence-corrected chi connectivity index (χ4v) is 5.15. The molecule has 1 saturated carbocycles. The smallest absolute Gasteiger partial charge is 0.305 e. The quantitative estimate of drug-likeness (QED) is 0.157. The number of amides is 2. The maximum atomic E-state index is 13.4. The van der Waals surface area contributed by atoms with E-state index in [1.54, 1.807) is 26.0 Å². The van der Waals surface area contributed by atoms with Crippen molar-refractivity contribution in [3.8, 4) is 11.5 Å². The zero-order chi connectivity index (χ0) is 27.4. The molecule has 6 bridgehead atoms. The Hall–Kier alpha value is -3.73. The van der Waals surface area contributed by atoms with Gasteiger partial charge in [0.05, 0.1) is 41.4 Å². The molecule has 1 aliphatic carbocycles. The Bertz CT molecular complexity index is 1190. The summed E-state index contributed by atoms with van der Waals surface area (Å²) in [7, 11) is 0. The van der Waals surface area contributed by atoms with Gasteiger partial charge in [-0.3, -0.25) is 29.3 Å². The monoisotopic (exact) mass is 528 g/mol. The van der Waals surface area contributed by atoms with Gasteiger partial charge in [0, 0.05) is 12.0 Å². The molecule has 0 N–H and O–H groups in total. The number of ether oxygens (including phenoxy) is 3. The molecule has 38 heavy (non-hydrogen) atoms. The second-order valence-corrected chi connectivity index (χ2v) is 9.45.